The van der Waals surface area contributed by atoms with Gasteiger partial charge in [0.2, 0.25) is 0 Å². The average molecular weight is 242 g/mol. The molecule has 0 saturated carbocycles. The normalized spacial score (nSPS) is 17.8. The van der Waals surface area contributed by atoms with E-state index in [1.54, 1.807) is 0 Å². The van der Waals surface area contributed by atoms with Crippen molar-refractivity contribution in [3.05, 3.63) is 0 Å². The minimum atomic E-state index is 0.892. The van der Waals surface area contributed by atoms with Crippen molar-refractivity contribution in [1.29, 1.82) is 0 Å². The van der Waals surface area contributed by atoms with Gasteiger partial charge in [-0.3, -0.25) is 0 Å². The SMILES string of the molecule is CCCCOCCN(C)CCC1CCNCC1. The summed E-state index contributed by atoms with van der Waals surface area (Å²) in [5.41, 5.74) is 0. The molecule has 1 N–H and O–H groups in total. The smallest absolute Gasteiger partial charge is 0.0593 e. The first-order valence-electron chi connectivity index (χ1n) is 7.30. The van der Waals surface area contributed by atoms with Crippen molar-refractivity contribution < 1.29 is 4.74 Å². The number of ether oxygens (including phenoxy) is 1. The van der Waals surface area contributed by atoms with E-state index in [9.17, 15) is 0 Å². The number of likely N-dealkylation sites (N-methyl/N-ethyl adjacent to an activating group) is 1. The summed E-state index contributed by atoms with van der Waals surface area (Å²) < 4.78 is 5.58. The van der Waals surface area contributed by atoms with Crippen LogP contribution in [0.15, 0.2) is 0 Å². The minimum Gasteiger partial charge on any atom is -0.380 e. The van der Waals surface area contributed by atoms with Crippen molar-refractivity contribution in [2.75, 3.05) is 46.4 Å². The van der Waals surface area contributed by atoms with Gasteiger partial charge in [0.15, 0.2) is 0 Å². The fourth-order valence-corrected chi connectivity index (χ4v) is 2.25. The van der Waals surface area contributed by atoms with Gasteiger partial charge < -0.3 is 15.0 Å². The Morgan fingerprint density at radius 3 is 2.65 bits per heavy atom. The van der Waals surface area contributed by atoms with Crippen molar-refractivity contribution in [1.82, 2.24) is 10.2 Å². The maximum Gasteiger partial charge on any atom is 0.0593 e. The first kappa shape index (κ1) is 14.9. The first-order chi connectivity index (χ1) is 8.33. The largest absolute Gasteiger partial charge is 0.380 e. The molecule has 0 spiro atoms. The lowest BCUT2D eigenvalue weighted by Gasteiger charge is -2.25. The molecule has 0 bridgehead atoms. The quantitative estimate of drug-likeness (QED) is 0.627. The zero-order chi connectivity index (χ0) is 12.3. The molecule has 1 aliphatic rings. The Labute approximate surface area is 107 Å². The van der Waals surface area contributed by atoms with Crippen LogP contribution in [0.4, 0.5) is 0 Å². The van der Waals surface area contributed by atoms with Gasteiger partial charge in [-0.2, -0.15) is 0 Å². The van der Waals surface area contributed by atoms with E-state index < -0.39 is 0 Å². The summed E-state index contributed by atoms with van der Waals surface area (Å²) in [5, 5.41) is 3.42. The highest BCUT2D eigenvalue weighted by Crippen LogP contribution is 2.15. The fourth-order valence-electron chi connectivity index (χ4n) is 2.25. The van der Waals surface area contributed by atoms with Crippen molar-refractivity contribution in [3.63, 3.8) is 0 Å². The second kappa shape index (κ2) is 9.86. The molecule has 0 aromatic carbocycles. The predicted octanol–water partition coefficient (Wildman–Crippen LogP) is 2.12. The summed E-state index contributed by atoms with van der Waals surface area (Å²) in [6.45, 7) is 8.76. The maximum absolute atomic E-state index is 5.58. The molecule has 17 heavy (non-hydrogen) atoms. The van der Waals surface area contributed by atoms with E-state index >= 15 is 0 Å². The number of piperidine rings is 1. The summed E-state index contributed by atoms with van der Waals surface area (Å²) in [5.74, 6) is 0.944. The second-order valence-corrected chi connectivity index (χ2v) is 5.25. The van der Waals surface area contributed by atoms with Crippen LogP contribution >= 0.6 is 0 Å². The molecule has 102 valence electrons. The summed E-state index contributed by atoms with van der Waals surface area (Å²) in [6.07, 6.45) is 6.50. The Bertz CT molecular complexity index is 170. The molecule has 0 aromatic rings. The van der Waals surface area contributed by atoms with E-state index in [4.69, 9.17) is 4.74 Å². The van der Waals surface area contributed by atoms with Crippen LogP contribution in [-0.2, 0) is 4.74 Å². The van der Waals surface area contributed by atoms with Crippen LogP contribution in [0, 0.1) is 5.92 Å². The molecular weight excluding hydrogens is 212 g/mol. The van der Waals surface area contributed by atoms with Crippen LogP contribution in [0.1, 0.15) is 39.0 Å². The molecule has 1 rings (SSSR count). The second-order valence-electron chi connectivity index (χ2n) is 5.25. The monoisotopic (exact) mass is 242 g/mol. The van der Waals surface area contributed by atoms with Crippen LogP contribution in [0.2, 0.25) is 0 Å². The molecule has 0 aliphatic carbocycles. The Morgan fingerprint density at radius 2 is 1.94 bits per heavy atom. The highest BCUT2D eigenvalue weighted by Gasteiger charge is 2.13. The number of hydrogen-bond donors (Lipinski definition) is 1. The van der Waals surface area contributed by atoms with Gasteiger partial charge >= 0.3 is 0 Å². The highest BCUT2D eigenvalue weighted by molar-refractivity contribution is 4.69. The highest BCUT2D eigenvalue weighted by atomic mass is 16.5. The minimum absolute atomic E-state index is 0.892. The Morgan fingerprint density at radius 1 is 1.18 bits per heavy atom. The number of unbranched alkanes of at least 4 members (excludes halogenated alkanes) is 1. The number of nitrogens with one attached hydrogen (secondary N) is 1. The fraction of sp³-hybridized carbons (Fsp3) is 1.00. The van der Waals surface area contributed by atoms with Crippen molar-refractivity contribution in [2.24, 2.45) is 5.92 Å². The Hall–Kier alpha value is -0.120. The topological polar surface area (TPSA) is 24.5 Å². The van der Waals surface area contributed by atoms with E-state index in [1.807, 2.05) is 0 Å². The maximum atomic E-state index is 5.58. The van der Waals surface area contributed by atoms with Crippen LogP contribution < -0.4 is 5.32 Å². The molecule has 1 aliphatic heterocycles. The third-order valence-corrected chi connectivity index (χ3v) is 3.64. The van der Waals surface area contributed by atoms with E-state index in [0.29, 0.717) is 0 Å². The lowest BCUT2D eigenvalue weighted by Crippen LogP contribution is -2.31. The van der Waals surface area contributed by atoms with Crippen LogP contribution in [0.5, 0.6) is 0 Å². The molecule has 0 atom stereocenters. The van der Waals surface area contributed by atoms with E-state index in [0.717, 1.165) is 25.7 Å². The van der Waals surface area contributed by atoms with Gasteiger partial charge in [0.05, 0.1) is 6.61 Å². The molecule has 3 nitrogen and oxygen atoms in total. The molecule has 0 aromatic heterocycles. The molecule has 0 amide bonds. The summed E-state index contributed by atoms with van der Waals surface area (Å²) in [4.78, 5) is 2.41. The number of nitrogens with zero attached hydrogens (tertiary/aromatic N) is 1. The van der Waals surface area contributed by atoms with Crippen molar-refractivity contribution in [2.45, 2.75) is 39.0 Å². The molecule has 1 saturated heterocycles. The van der Waals surface area contributed by atoms with Gasteiger partial charge in [0.25, 0.3) is 0 Å². The number of hydrogen-bond acceptors (Lipinski definition) is 3. The third kappa shape index (κ3) is 7.74. The zero-order valence-corrected chi connectivity index (χ0v) is 11.7. The van der Waals surface area contributed by atoms with Crippen molar-refractivity contribution in [3.8, 4) is 0 Å². The van der Waals surface area contributed by atoms with Crippen LogP contribution in [0.25, 0.3) is 0 Å². The Balaban J connectivity index is 1.91. The van der Waals surface area contributed by atoms with Gasteiger partial charge in [0, 0.05) is 13.2 Å². The van der Waals surface area contributed by atoms with Gasteiger partial charge in [-0.15, -0.1) is 0 Å². The lowest BCUT2D eigenvalue weighted by atomic mass is 9.94. The van der Waals surface area contributed by atoms with Gasteiger partial charge in [-0.25, -0.2) is 0 Å². The Kier molecular flexibility index (Phi) is 8.67. The van der Waals surface area contributed by atoms with Gasteiger partial charge in [0.1, 0.15) is 0 Å². The zero-order valence-electron chi connectivity index (χ0n) is 11.7. The molecule has 3 heteroatoms. The third-order valence-electron chi connectivity index (χ3n) is 3.64. The summed E-state index contributed by atoms with van der Waals surface area (Å²) in [6, 6.07) is 0. The summed E-state index contributed by atoms with van der Waals surface area (Å²) in [7, 11) is 2.21. The summed E-state index contributed by atoms with van der Waals surface area (Å²) >= 11 is 0. The molecule has 1 heterocycles. The first-order valence-corrected chi connectivity index (χ1v) is 7.30. The van der Waals surface area contributed by atoms with Crippen LogP contribution in [0.3, 0.4) is 0 Å². The van der Waals surface area contributed by atoms with Crippen molar-refractivity contribution >= 4 is 0 Å². The lowest BCUT2D eigenvalue weighted by molar-refractivity contribution is 0.107. The van der Waals surface area contributed by atoms with Gasteiger partial charge in [-0.05, 0) is 58.3 Å². The molecular formula is C14H30N2O. The standard InChI is InChI=1S/C14H30N2O/c1-3-4-12-17-13-11-16(2)10-7-14-5-8-15-9-6-14/h14-15H,3-13H2,1-2H3. The van der Waals surface area contributed by atoms with E-state index in [1.165, 1.54) is 51.7 Å². The predicted molar refractivity (Wildman–Crippen MR) is 73.4 cm³/mol. The molecule has 0 unspecified atom stereocenters. The van der Waals surface area contributed by atoms with E-state index in [-0.39, 0.29) is 0 Å². The average Bonchev–Trinajstić information content (AvgIpc) is 2.37. The van der Waals surface area contributed by atoms with E-state index in [2.05, 4.69) is 24.2 Å². The number of rotatable bonds is 9. The van der Waals surface area contributed by atoms with Crippen LogP contribution in [-0.4, -0.2) is 51.3 Å². The molecule has 1 fully saturated rings. The molecule has 0 radical (unpaired) electrons. The van der Waals surface area contributed by atoms with Gasteiger partial charge in [-0.1, -0.05) is 13.3 Å².